The molecule has 0 fully saturated rings. The second-order valence-electron chi connectivity index (χ2n) is 3.94. The SMILES string of the molecule is Cc1cc(Br)c(F)cc1Nc1nc(C)c(C(=O)O)s1. The monoisotopic (exact) mass is 344 g/mol. The number of anilines is 2. The van der Waals surface area contributed by atoms with E-state index in [1.165, 1.54) is 6.07 Å². The third-order valence-corrected chi connectivity index (χ3v) is 4.17. The van der Waals surface area contributed by atoms with E-state index in [1.807, 2.05) is 6.92 Å². The van der Waals surface area contributed by atoms with Gasteiger partial charge in [0.15, 0.2) is 5.13 Å². The summed E-state index contributed by atoms with van der Waals surface area (Å²) >= 11 is 4.13. The largest absolute Gasteiger partial charge is 0.477 e. The van der Waals surface area contributed by atoms with Gasteiger partial charge in [0, 0.05) is 5.69 Å². The molecule has 1 aromatic carbocycles. The van der Waals surface area contributed by atoms with Crippen LogP contribution in [0.25, 0.3) is 0 Å². The predicted molar refractivity (Wildman–Crippen MR) is 75.9 cm³/mol. The van der Waals surface area contributed by atoms with Gasteiger partial charge in [-0.05, 0) is 47.5 Å². The van der Waals surface area contributed by atoms with Crippen molar-refractivity contribution in [2.75, 3.05) is 5.32 Å². The number of carboxylic acids is 1. The molecule has 2 rings (SSSR count). The number of aryl methyl sites for hydroxylation is 2. The topological polar surface area (TPSA) is 62.2 Å². The van der Waals surface area contributed by atoms with E-state index in [-0.39, 0.29) is 10.7 Å². The molecule has 0 radical (unpaired) electrons. The molecule has 0 amide bonds. The first kappa shape index (κ1) is 14.0. The highest BCUT2D eigenvalue weighted by atomic mass is 79.9. The summed E-state index contributed by atoms with van der Waals surface area (Å²) in [6, 6.07) is 2.99. The van der Waals surface area contributed by atoms with Crippen LogP contribution in [0.5, 0.6) is 0 Å². The number of halogens is 2. The molecule has 7 heteroatoms. The number of aromatic nitrogens is 1. The van der Waals surface area contributed by atoms with Gasteiger partial charge in [0.2, 0.25) is 0 Å². The van der Waals surface area contributed by atoms with Crippen molar-refractivity contribution in [3.8, 4) is 0 Å². The van der Waals surface area contributed by atoms with E-state index in [0.717, 1.165) is 16.9 Å². The van der Waals surface area contributed by atoms with Crippen LogP contribution in [0.15, 0.2) is 16.6 Å². The summed E-state index contributed by atoms with van der Waals surface area (Å²) in [4.78, 5) is 15.2. The van der Waals surface area contributed by atoms with E-state index in [1.54, 1.807) is 13.0 Å². The molecule has 0 atom stereocenters. The minimum Gasteiger partial charge on any atom is -0.477 e. The van der Waals surface area contributed by atoms with Gasteiger partial charge in [0.1, 0.15) is 10.7 Å². The van der Waals surface area contributed by atoms with E-state index < -0.39 is 5.97 Å². The molecule has 0 saturated carbocycles. The highest BCUT2D eigenvalue weighted by molar-refractivity contribution is 9.10. The number of nitrogens with zero attached hydrogens (tertiary/aromatic N) is 1. The second kappa shape index (κ2) is 5.26. The summed E-state index contributed by atoms with van der Waals surface area (Å²) < 4.78 is 13.9. The average Bonchev–Trinajstić information content (AvgIpc) is 2.67. The normalized spacial score (nSPS) is 10.5. The van der Waals surface area contributed by atoms with Crippen molar-refractivity contribution in [3.63, 3.8) is 0 Å². The zero-order valence-corrected chi connectivity index (χ0v) is 12.5. The molecule has 2 N–H and O–H groups in total. The molecule has 100 valence electrons. The van der Waals surface area contributed by atoms with E-state index in [4.69, 9.17) is 5.11 Å². The quantitative estimate of drug-likeness (QED) is 0.879. The molecule has 4 nitrogen and oxygen atoms in total. The first-order chi connectivity index (χ1) is 8.88. The lowest BCUT2D eigenvalue weighted by molar-refractivity contribution is 0.0701. The van der Waals surface area contributed by atoms with Crippen LogP contribution >= 0.6 is 27.3 Å². The fraction of sp³-hybridized carbons (Fsp3) is 0.167. The first-order valence-corrected chi connectivity index (χ1v) is 6.93. The smallest absolute Gasteiger partial charge is 0.347 e. The summed E-state index contributed by atoms with van der Waals surface area (Å²) in [6.45, 7) is 3.45. The van der Waals surface area contributed by atoms with E-state index in [2.05, 4.69) is 26.2 Å². The van der Waals surface area contributed by atoms with Gasteiger partial charge in [-0.3, -0.25) is 0 Å². The molecule has 0 unspecified atom stereocenters. The highest BCUT2D eigenvalue weighted by Gasteiger charge is 2.15. The summed E-state index contributed by atoms with van der Waals surface area (Å²) in [6.07, 6.45) is 0. The number of thiazole rings is 1. The lowest BCUT2D eigenvalue weighted by atomic mass is 10.2. The number of aromatic carboxylic acids is 1. The van der Waals surface area contributed by atoms with E-state index in [9.17, 15) is 9.18 Å². The summed E-state index contributed by atoms with van der Waals surface area (Å²) in [5.41, 5.74) is 1.83. The maximum atomic E-state index is 13.5. The Labute approximate surface area is 121 Å². The second-order valence-corrected chi connectivity index (χ2v) is 5.80. The molecule has 0 aliphatic carbocycles. The van der Waals surface area contributed by atoms with Crippen molar-refractivity contribution in [2.45, 2.75) is 13.8 Å². The minimum atomic E-state index is -1.01. The van der Waals surface area contributed by atoms with Crippen molar-refractivity contribution in [1.82, 2.24) is 4.98 Å². The van der Waals surface area contributed by atoms with Gasteiger partial charge in [-0.25, -0.2) is 14.2 Å². The fourth-order valence-electron chi connectivity index (χ4n) is 1.54. The Hall–Kier alpha value is -1.47. The van der Waals surface area contributed by atoms with Crippen LogP contribution in [-0.2, 0) is 0 Å². The number of hydrogen-bond acceptors (Lipinski definition) is 4. The molecule has 19 heavy (non-hydrogen) atoms. The van der Waals surface area contributed by atoms with Gasteiger partial charge >= 0.3 is 5.97 Å². The molecular weight excluding hydrogens is 335 g/mol. The number of carboxylic acid groups (broad SMARTS) is 1. The van der Waals surface area contributed by atoms with Gasteiger partial charge in [-0.2, -0.15) is 0 Å². The number of nitrogens with one attached hydrogen (secondary N) is 1. The fourth-order valence-corrected chi connectivity index (χ4v) is 2.82. The lowest BCUT2D eigenvalue weighted by Crippen LogP contribution is -1.94. The minimum absolute atomic E-state index is 0.178. The van der Waals surface area contributed by atoms with Crippen molar-refractivity contribution < 1.29 is 14.3 Å². The third-order valence-electron chi connectivity index (χ3n) is 2.50. The summed E-state index contributed by atoms with van der Waals surface area (Å²) in [7, 11) is 0. The lowest BCUT2D eigenvalue weighted by Gasteiger charge is -2.07. The van der Waals surface area contributed by atoms with Gasteiger partial charge in [0.05, 0.1) is 10.2 Å². The van der Waals surface area contributed by atoms with Crippen LogP contribution in [0.2, 0.25) is 0 Å². The predicted octanol–water partition coefficient (Wildman–Crippen LogP) is 4.10. The molecule has 1 aromatic heterocycles. The van der Waals surface area contributed by atoms with Crippen LogP contribution in [0, 0.1) is 19.7 Å². The zero-order chi connectivity index (χ0) is 14.2. The average molecular weight is 345 g/mol. The number of benzene rings is 1. The molecule has 2 aromatic rings. The Bertz CT molecular complexity index is 657. The van der Waals surface area contributed by atoms with Gasteiger partial charge < -0.3 is 10.4 Å². The van der Waals surface area contributed by atoms with Crippen LogP contribution < -0.4 is 5.32 Å². The molecule has 0 bridgehead atoms. The van der Waals surface area contributed by atoms with Crippen molar-refractivity contribution in [3.05, 3.63) is 38.6 Å². The number of rotatable bonds is 3. The standard InChI is InChI=1S/C12H10BrFN2O2S/c1-5-3-7(13)8(14)4-9(5)16-12-15-6(2)10(19-12)11(17)18/h3-4H,1-2H3,(H,15,16)(H,17,18). The summed E-state index contributed by atoms with van der Waals surface area (Å²) in [5.74, 6) is -1.40. The van der Waals surface area contributed by atoms with E-state index in [0.29, 0.717) is 21.0 Å². The van der Waals surface area contributed by atoms with Gasteiger partial charge in [-0.15, -0.1) is 0 Å². The summed E-state index contributed by atoms with van der Waals surface area (Å²) in [5, 5.41) is 12.3. The Morgan fingerprint density at radius 1 is 1.47 bits per heavy atom. The van der Waals surface area contributed by atoms with Crippen LogP contribution in [-0.4, -0.2) is 16.1 Å². The molecule has 1 heterocycles. The number of hydrogen-bond donors (Lipinski definition) is 2. The highest BCUT2D eigenvalue weighted by Crippen LogP contribution is 2.29. The molecular formula is C12H10BrFN2O2S. The first-order valence-electron chi connectivity index (χ1n) is 5.32. The van der Waals surface area contributed by atoms with Gasteiger partial charge in [-0.1, -0.05) is 11.3 Å². The van der Waals surface area contributed by atoms with Crippen molar-refractivity contribution in [2.24, 2.45) is 0 Å². The Morgan fingerprint density at radius 3 is 2.74 bits per heavy atom. The van der Waals surface area contributed by atoms with Crippen LogP contribution in [0.3, 0.4) is 0 Å². The maximum Gasteiger partial charge on any atom is 0.347 e. The Balaban J connectivity index is 2.34. The van der Waals surface area contributed by atoms with Gasteiger partial charge in [0.25, 0.3) is 0 Å². The molecule has 0 spiro atoms. The molecule has 0 aliphatic rings. The number of carbonyl (C=O) groups is 1. The van der Waals surface area contributed by atoms with Crippen molar-refractivity contribution >= 4 is 44.1 Å². The third kappa shape index (κ3) is 2.93. The Kier molecular flexibility index (Phi) is 3.86. The molecule has 0 saturated heterocycles. The van der Waals surface area contributed by atoms with E-state index >= 15 is 0 Å². The van der Waals surface area contributed by atoms with Crippen LogP contribution in [0.4, 0.5) is 15.2 Å². The zero-order valence-electron chi connectivity index (χ0n) is 10.1. The van der Waals surface area contributed by atoms with Crippen molar-refractivity contribution in [1.29, 1.82) is 0 Å². The Morgan fingerprint density at radius 2 is 2.16 bits per heavy atom. The molecule has 0 aliphatic heterocycles. The van der Waals surface area contributed by atoms with Crippen LogP contribution in [0.1, 0.15) is 20.9 Å². The maximum absolute atomic E-state index is 13.5.